The Bertz CT molecular complexity index is 1080. The summed E-state index contributed by atoms with van der Waals surface area (Å²) >= 11 is 1.31. The van der Waals surface area contributed by atoms with Crippen LogP contribution in [0.5, 0.6) is 0 Å². The zero-order valence-corrected chi connectivity index (χ0v) is 14.0. The van der Waals surface area contributed by atoms with E-state index in [1.807, 2.05) is 30.3 Å². The van der Waals surface area contributed by atoms with Gasteiger partial charge in [0.2, 0.25) is 4.96 Å². The molecule has 130 valence electrons. The Hall–Kier alpha value is -3.00. The van der Waals surface area contributed by atoms with Crippen LogP contribution in [0.25, 0.3) is 28.5 Å². The second kappa shape index (κ2) is 6.38. The van der Waals surface area contributed by atoms with Gasteiger partial charge in [0.25, 0.3) is 0 Å². The van der Waals surface area contributed by atoms with E-state index >= 15 is 0 Å². The van der Waals surface area contributed by atoms with Crippen LogP contribution >= 0.6 is 11.3 Å². The molecule has 4 aromatic rings. The molecule has 0 saturated carbocycles. The number of rotatable bonds is 3. The zero-order chi connectivity index (χ0) is 18.1. The topological polar surface area (TPSA) is 43.1 Å². The summed E-state index contributed by atoms with van der Waals surface area (Å²) in [5.74, 6) is 0.621. The van der Waals surface area contributed by atoms with E-state index < -0.39 is 11.7 Å². The van der Waals surface area contributed by atoms with Crippen LogP contribution in [0, 0.1) is 0 Å². The lowest BCUT2D eigenvalue weighted by atomic mass is 10.1. The number of alkyl halides is 3. The van der Waals surface area contributed by atoms with Crippen molar-refractivity contribution < 1.29 is 13.2 Å². The van der Waals surface area contributed by atoms with Crippen molar-refractivity contribution in [1.29, 1.82) is 0 Å². The minimum absolute atomic E-state index is 0.453. The Morgan fingerprint density at radius 1 is 0.923 bits per heavy atom. The molecule has 0 aliphatic heterocycles. The highest BCUT2D eigenvalue weighted by Crippen LogP contribution is 2.30. The van der Waals surface area contributed by atoms with Crippen LogP contribution in [0.15, 0.2) is 54.6 Å². The average molecular weight is 372 g/mol. The first-order valence-electron chi connectivity index (χ1n) is 7.64. The van der Waals surface area contributed by atoms with Crippen molar-refractivity contribution in [2.75, 3.05) is 0 Å². The SMILES string of the molecule is FC(F)(F)c1cccc(C=Cc2nn3c(-c4ccccc4)nnc3s2)c1. The van der Waals surface area contributed by atoms with Crippen LogP contribution in [0.4, 0.5) is 13.2 Å². The van der Waals surface area contributed by atoms with E-state index in [4.69, 9.17) is 0 Å². The van der Waals surface area contributed by atoms with Crippen molar-refractivity contribution in [3.8, 4) is 11.4 Å². The minimum atomic E-state index is -4.36. The van der Waals surface area contributed by atoms with Gasteiger partial charge < -0.3 is 0 Å². The summed E-state index contributed by atoms with van der Waals surface area (Å²) in [4.78, 5) is 0.618. The molecule has 4 rings (SSSR count). The Kier molecular flexibility index (Phi) is 4.04. The van der Waals surface area contributed by atoms with Gasteiger partial charge in [0, 0.05) is 5.56 Å². The van der Waals surface area contributed by atoms with Crippen molar-refractivity contribution in [1.82, 2.24) is 19.8 Å². The maximum atomic E-state index is 12.8. The fraction of sp³-hybridized carbons (Fsp3) is 0.0556. The first kappa shape index (κ1) is 16.5. The highest BCUT2D eigenvalue weighted by atomic mass is 32.1. The predicted octanol–water partition coefficient (Wildman–Crippen LogP) is 5.04. The van der Waals surface area contributed by atoms with Gasteiger partial charge in [-0.3, -0.25) is 0 Å². The summed E-state index contributed by atoms with van der Waals surface area (Å²) in [6.07, 6.45) is -1.09. The summed E-state index contributed by atoms with van der Waals surface area (Å²) in [5.41, 5.74) is 0.664. The third kappa shape index (κ3) is 3.23. The van der Waals surface area contributed by atoms with Gasteiger partial charge in [0.15, 0.2) is 5.82 Å². The number of fused-ring (bicyclic) bond motifs is 1. The van der Waals surface area contributed by atoms with Gasteiger partial charge in [-0.2, -0.15) is 22.8 Å². The van der Waals surface area contributed by atoms with Crippen molar-refractivity contribution in [3.05, 3.63) is 70.7 Å². The lowest BCUT2D eigenvalue weighted by molar-refractivity contribution is -0.137. The number of hydrogen-bond acceptors (Lipinski definition) is 4. The molecule has 0 atom stereocenters. The molecule has 8 heteroatoms. The monoisotopic (exact) mass is 372 g/mol. The predicted molar refractivity (Wildman–Crippen MR) is 94.5 cm³/mol. The molecule has 4 nitrogen and oxygen atoms in total. The van der Waals surface area contributed by atoms with Gasteiger partial charge in [0.05, 0.1) is 5.56 Å². The molecule has 0 aliphatic rings. The third-order valence-corrected chi connectivity index (χ3v) is 4.53. The number of aromatic nitrogens is 4. The molecule has 2 heterocycles. The van der Waals surface area contributed by atoms with Crippen molar-refractivity contribution in [2.24, 2.45) is 0 Å². The van der Waals surface area contributed by atoms with Gasteiger partial charge in [-0.25, -0.2) is 0 Å². The van der Waals surface area contributed by atoms with Crippen LogP contribution in [-0.4, -0.2) is 19.8 Å². The number of benzene rings is 2. The van der Waals surface area contributed by atoms with Crippen LogP contribution in [0.3, 0.4) is 0 Å². The maximum Gasteiger partial charge on any atom is 0.416 e. The largest absolute Gasteiger partial charge is 0.416 e. The second-order valence-electron chi connectivity index (χ2n) is 5.48. The molecule has 0 bridgehead atoms. The molecule has 2 aromatic heterocycles. The maximum absolute atomic E-state index is 12.8. The number of hydrogen-bond donors (Lipinski definition) is 0. The molecule has 0 spiro atoms. The van der Waals surface area contributed by atoms with E-state index in [9.17, 15) is 13.2 Å². The van der Waals surface area contributed by atoms with Gasteiger partial charge >= 0.3 is 6.18 Å². The Morgan fingerprint density at radius 3 is 2.50 bits per heavy atom. The summed E-state index contributed by atoms with van der Waals surface area (Å²) in [5, 5.41) is 13.3. The summed E-state index contributed by atoms with van der Waals surface area (Å²) in [6.45, 7) is 0. The van der Waals surface area contributed by atoms with E-state index in [0.717, 1.165) is 17.7 Å². The van der Waals surface area contributed by atoms with E-state index in [0.29, 0.717) is 21.4 Å². The van der Waals surface area contributed by atoms with E-state index in [2.05, 4.69) is 15.3 Å². The van der Waals surface area contributed by atoms with Gasteiger partial charge in [-0.15, -0.1) is 10.2 Å². The van der Waals surface area contributed by atoms with Gasteiger partial charge in [-0.1, -0.05) is 59.9 Å². The summed E-state index contributed by atoms with van der Waals surface area (Å²) in [6, 6.07) is 14.7. The zero-order valence-electron chi connectivity index (χ0n) is 13.2. The lowest BCUT2D eigenvalue weighted by Gasteiger charge is -2.06. The van der Waals surface area contributed by atoms with Crippen LogP contribution in [0.2, 0.25) is 0 Å². The summed E-state index contributed by atoms with van der Waals surface area (Å²) in [7, 11) is 0. The van der Waals surface area contributed by atoms with E-state index in [1.54, 1.807) is 22.7 Å². The lowest BCUT2D eigenvalue weighted by Crippen LogP contribution is -2.04. The van der Waals surface area contributed by atoms with Gasteiger partial charge in [0.1, 0.15) is 5.01 Å². The van der Waals surface area contributed by atoms with Crippen molar-refractivity contribution in [2.45, 2.75) is 6.18 Å². The van der Waals surface area contributed by atoms with E-state index in [1.165, 1.54) is 17.4 Å². The quantitative estimate of drug-likeness (QED) is 0.506. The molecule has 0 radical (unpaired) electrons. The molecular weight excluding hydrogens is 361 g/mol. The van der Waals surface area contributed by atoms with Crippen molar-refractivity contribution in [3.63, 3.8) is 0 Å². The second-order valence-corrected chi connectivity index (χ2v) is 6.47. The van der Waals surface area contributed by atoms with E-state index in [-0.39, 0.29) is 0 Å². The molecular formula is C18H11F3N4S. The minimum Gasteiger partial charge on any atom is -0.182 e. The Morgan fingerprint density at radius 2 is 1.73 bits per heavy atom. The molecule has 0 fully saturated rings. The highest BCUT2D eigenvalue weighted by molar-refractivity contribution is 7.17. The molecule has 26 heavy (non-hydrogen) atoms. The fourth-order valence-electron chi connectivity index (χ4n) is 2.45. The van der Waals surface area contributed by atoms with Crippen molar-refractivity contribution >= 4 is 28.4 Å². The molecule has 0 N–H and O–H groups in total. The number of halogens is 3. The van der Waals surface area contributed by atoms with Crippen LogP contribution in [-0.2, 0) is 6.18 Å². The first-order chi connectivity index (χ1) is 12.5. The summed E-state index contributed by atoms with van der Waals surface area (Å²) < 4.78 is 40.0. The third-order valence-electron chi connectivity index (χ3n) is 3.67. The van der Waals surface area contributed by atoms with Gasteiger partial charge in [-0.05, 0) is 23.8 Å². The van der Waals surface area contributed by atoms with Crippen LogP contribution in [0.1, 0.15) is 16.1 Å². The Balaban J connectivity index is 1.64. The molecule has 0 amide bonds. The molecule has 2 aromatic carbocycles. The standard InChI is InChI=1S/C18H11F3N4S/c19-18(20,21)14-8-4-5-12(11-14)9-10-15-24-25-16(22-23-17(25)26-15)13-6-2-1-3-7-13/h1-11H. The molecule has 0 saturated heterocycles. The van der Waals surface area contributed by atoms with Crippen LogP contribution < -0.4 is 0 Å². The number of nitrogens with zero attached hydrogens (tertiary/aromatic N) is 4. The smallest absolute Gasteiger partial charge is 0.182 e. The first-order valence-corrected chi connectivity index (χ1v) is 8.45. The molecule has 0 unspecified atom stereocenters. The highest BCUT2D eigenvalue weighted by Gasteiger charge is 2.30. The normalized spacial score (nSPS) is 12.3. The average Bonchev–Trinajstić information content (AvgIpc) is 3.20. The fourth-order valence-corrected chi connectivity index (χ4v) is 3.19. The Labute approximate surface area is 150 Å². The molecule has 0 aliphatic carbocycles.